The molecule has 6 nitrogen and oxygen atoms in total. The van der Waals surface area contributed by atoms with Crippen LogP contribution in [0.5, 0.6) is 0 Å². The Balaban J connectivity index is 1.77. The summed E-state index contributed by atoms with van der Waals surface area (Å²) in [6, 6.07) is 11.3. The van der Waals surface area contributed by atoms with Crippen LogP contribution in [0.2, 0.25) is 0 Å². The number of carbonyl (C=O) groups is 2. The van der Waals surface area contributed by atoms with Crippen molar-refractivity contribution in [2.75, 3.05) is 30.3 Å². The molecule has 2 aliphatic heterocycles. The molecule has 200 valence electrons. The molecule has 0 unspecified atom stereocenters. The van der Waals surface area contributed by atoms with Gasteiger partial charge in [0.1, 0.15) is 24.0 Å². The van der Waals surface area contributed by atoms with Crippen LogP contribution < -0.4 is 4.90 Å². The molecule has 1 atom stereocenters. The number of hydrogen-bond acceptors (Lipinski definition) is 4. The van der Waals surface area contributed by atoms with Gasteiger partial charge in [-0.15, -0.1) is 11.8 Å². The highest BCUT2D eigenvalue weighted by Gasteiger charge is 2.41. The highest BCUT2D eigenvalue weighted by Crippen LogP contribution is 2.49. The van der Waals surface area contributed by atoms with E-state index >= 15 is 4.39 Å². The van der Waals surface area contributed by atoms with Crippen molar-refractivity contribution in [1.29, 1.82) is 0 Å². The summed E-state index contributed by atoms with van der Waals surface area (Å²) in [7, 11) is 0. The number of halogens is 2. The second kappa shape index (κ2) is 10.2. The second-order valence-electron chi connectivity index (χ2n) is 11.0. The number of fused-ring (bicyclic) bond motifs is 1. The minimum absolute atomic E-state index is 0.0425. The van der Waals surface area contributed by atoms with E-state index in [0.717, 1.165) is 30.2 Å². The summed E-state index contributed by atoms with van der Waals surface area (Å²) in [5, 5.41) is 4.40. The monoisotopic (exact) mass is 538 g/mol. The smallest absolute Gasteiger partial charge is 0.242 e. The van der Waals surface area contributed by atoms with Crippen molar-refractivity contribution in [1.82, 2.24) is 14.7 Å². The predicted molar refractivity (Wildman–Crippen MR) is 146 cm³/mol. The molecule has 2 aromatic carbocycles. The fourth-order valence-corrected chi connectivity index (χ4v) is 6.39. The molecule has 0 bridgehead atoms. The highest BCUT2D eigenvalue weighted by molar-refractivity contribution is 8.00. The van der Waals surface area contributed by atoms with E-state index in [9.17, 15) is 14.0 Å². The maximum Gasteiger partial charge on any atom is 0.242 e. The van der Waals surface area contributed by atoms with E-state index in [1.54, 1.807) is 9.58 Å². The van der Waals surface area contributed by atoms with Gasteiger partial charge in [0.15, 0.2) is 0 Å². The number of hydrogen-bond donors (Lipinski definition) is 0. The van der Waals surface area contributed by atoms with Gasteiger partial charge in [-0.1, -0.05) is 39.0 Å². The fraction of sp³-hybridized carbons (Fsp3) is 0.414. The first-order chi connectivity index (χ1) is 18.0. The van der Waals surface area contributed by atoms with Crippen molar-refractivity contribution in [2.45, 2.75) is 51.2 Å². The van der Waals surface area contributed by atoms with Gasteiger partial charge in [-0.25, -0.2) is 13.5 Å². The summed E-state index contributed by atoms with van der Waals surface area (Å²) in [4.78, 5) is 30.3. The van der Waals surface area contributed by atoms with Crippen molar-refractivity contribution >= 4 is 29.4 Å². The van der Waals surface area contributed by atoms with E-state index in [1.807, 2.05) is 52.0 Å². The van der Waals surface area contributed by atoms with Gasteiger partial charge in [0.05, 0.1) is 22.4 Å². The van der Waals surface area contributed by atoms with Crippen LogP contribution in [0.25, 0.3) is 5.69 Å². The van der Waals surface area contributed by atoms with Gasteiger partial charge < -0.3 is 4.90 Å². The minimum Gasteiger partial charge on any atom is -0.341 e. The molecule has 38 heavy (non-hydrogen) atoms. The van der Waals surface area contributed by atoms with Crippen LogP contribution in [0.4, 0.5) is 14.6 Å². The number of anilines is 1. The third-order valence-electron chi connectivity index (χ3n) is 7.04. The van der Waals surface area contributed by atoms with Gasteiger partial charge in [-0.05, 0) is 43.5 Å². The molecule has 3 heterocycles. The molecule has 3 aromatic rings. The Morgan fingerprint density at radius 3 is 2.50 bits per heavy atom. The van der Waals surface area contributed by atoms with Crippen molar-refractivity contribution in [3.63, 3.8) is 0 Å². The number of rotatable bonds is 4. The minimum atomic E-state index is -0.675. The number of thioether (sulfide) groups is 1. The number of likely N-dealkylation sites (tertiary alicyclic amines) is 1. The maximum absolute atomic E-state index is 15.2. The summed E-state index contributed by atoms with van der Waals surface area (Å²) in [6.07, 6.45) is 1.89. The summed E-state index contributed by atoms with van der Waals surface area (Å²) < 4.78 is 30.8. The summed E-state index contributed by atoms with van der Waals surface area (Å²) in [6.45, 7) is 9.27. The quantitative estimate of drug-likeness (QED) is 0.437. The normalized spacial score (nSPS) is 18.1. The number of amides is 2. The summed E-state index contributed by atoms with van der Waals surface area (Å²) in [5.74, 6) is -1.19. The van der Waals surface area contributed by atoms with Gasteiger partial charge in [0.2, 0.25) is 11.8 Å². The Kier molecular flexibility index (Phi) is 7.07. The first-order valence-electron chi connectivity index (χ1n) is 12.9. The first kappa shape index (κ1) is 26.4. The van der Waals surface area contributed by atoms with E-state index in [-0.39, 0.29) is 29.7 Å². The van der Waals surface area contributed by atoms with Crippen LogP contribution in [0, 0.1) is 18.6 Å². The Hall–Kier alpha value is -3.20. The number of aromatic nitrogens is 2. The Bertz CT molecular complexity index is 1390. The molecule has 0 spiro atoms. The maximum atomic E-state index is 15.2. The standard InChI is InChI=1S/C29H32F2N4O2S/c1-18-8-7-9-20(14-18)35-28-25(27(32-35)29(2,3)4)26(21-11-10-19(30)15-22(21)31)38-17-24(37)34(28)16-23(36)33-12-5-6-13-33/h7-11,14-15,26H,5-6,12-13,16-17H2,1-4H3/t26-/m1/s1. The number of benzene rings is 2. The average Bonchev–Trinajstić information content (AvgIpc) is 3.50. The Morgan fingerprint density at radius 1 is 1.11 bits per heavy atom. The van der Waals surface area contributed by atoms with Crippen LogP contribution in [0.15, 0.2) is 42.5 Å². The molecule has 5 rings (SSSR count). The van der Waals surface area contributed by atoms with E-state index in [0.29, 0.717) is 30.2 Å². The molecule has 1 aromatic heterocycles. The summed E-state index contributed by atoms with van der Waals surface area (Å²) in [5.41, 5.74) is 2.95. The lowest BCUT2D eigenvalue weighted by molar-refractivity contribution is -0.130. The molecule has 2 aliphatic rings. The molecular formula is C29H32F2N4O2S. The zero-order chi connectivity index (χ0) is 27.2. The van der Waals surface area contributed by atoms with Gasteiger partial charge in [-0.2, -0.15) is 5.10 Å². The fourth-order valence-electron chi connectivity index (χ4n) is 5.17. The van der Waals surface area contributed by atoms with Crippen LogP contribution in [0.3, 0.4) is 0 Å². The first-order valence-corrected chi connectivity index (χ1v) is 13.9. The zero-order valence-electron chi connectivity index (χ0n) is 22.1. The van der Waals surface area contributed by atoms with Crippen LogP contribution in [0.1, 0.15) is 61.2 Å². The number of nitrogens with zero attached hydrogens (tertiary/aromatic N) is 4. The van der Waals surface area contributed by atoms with Gasteiger partial charge in [0, 0.05) is 35.7 Å². The van der Waals surface area contributed by atoms with Crippen molar-refractivity contribution in [2.24, 2.45) is 0 Å². The van der Waals surface area contributed by atoms with Crippen molar-refractivity contribution in [3.05, 3.63) is 76.5 Å². The second-order valence-corrected chi connectivity index (χ2v) is 12.1. The lowest BCUT2D eigenvalue weighted by Crippen LogP contribution is -2.43. The average molecular weight is 539 g/mol. The third kappa shape index (κ3) is 4.96. The Morgan fingerprint density at radius 2 is 1.84 bits per heavy atom. The molecule has 1 fully saturated rings. The van der Waals surface area contributed by atoms with Gasteiger partial charge >= 0.3 is 0 Å². The number of aryl methyl sites for hydroxylation is 1. The largest absolute Gasteiger partial charge is 0.341 e. The van der Waals surface area contributed by atoms with Crippen LogP contribution >= 0.6 is 11.8 Å². The molecule has 9 heteroatoms. The SMILES string of the molecule is Cc1cccc(-n2nc(C(C)(C)C)c3c2N(CC(=O)N2CCCC2)C(=O)CS[C@@H]3c2ccc(F)cc2F)c1. The van der Waals surface area contributed by atoms with Crippen molar-refractivity contribution in [3.8, 4) is 5.69 Å². The lowest BCUT2D eigenvalue weighted by Gasteiger charge is -2.26. The lowest BCUT2D eigenvalue weighted by atomic mass is 9.87. The van der Waals surface area contributed by atoms with Gasteiger partial charge in [0.25, 0.3) is 0 Å². The molecule has 0 aliphatic carbocycles. The van der Waals surface area contributed by atoms with E-state index in [4.69, 9.17) is 5.10 Å². The van der Waals surface area contributed by atoms with Gasteiger partial charge in [-0.3, -0.25) is 14.5 Å². The summed E-state index contributed by atoms with van der Waals surface area (Å²) >= 11 is 1.28. The highest BCUT2D eigenvalue weighted by atomic mass is 32.2. The molecule has 2 amide bonds. The Labute approximate surface area is 226 Å². The molecule has 0 radical (unpaired) electrons. The molecular weight excluding hydrogens is 506 g/mol. The van der Waals surface area contributed by atoms with Crippen molar-refractivity contribution < 1.29 is 18.4 Å². The predicted octanol–water partition coefficient (Wildman–Crippen LogP) is 5.55. The number of carbonyl (C=O) groups excluding carboxylic acids is 2. The topological polar surface area (TPSA) is 58.4 Å². The molecule has 0 N–H and O–H groups in total. The molecule has 1 saturated heterocycles. The van der Waals surface area contributed by atoms with Crippen LogP contribution in [-0.2, 0) is 15.0 Å². The third-order valence-corrected chi connectivity index (χ3v) is 8.28. The zero-order valence-corrected chi connectivity index (χ0v) is 22.9. The van der Waals surface area contributed by atoms with Crippen LogP contribution in [-0.4, -0.2) is 51.9 Å². The van der Waals surface area contributed by atoms with E-state index in [2.05, 4.69) is 0 Å². The van der Waals surface area contributed by atoms with E-state index in [1.165, 1.54) is 28.8 Å². The van der Waals surface area contributed by atoms with E-state index < -0.39 is 22.3 Å². The molecule has 0 saturated carbocycles.